The number of nitrogens with zero attached hydrogens (tertiary/aromatic N) is 4. The van der Waals surface area contributed by atoms with Crippen molar-refractivity contribution in [1.82, 2.24) is 14.9 Å². The molecule has 2 saturated heterocycles. The molecule has 2 aliphatic rings. The van der Waals surface area contributed by atoms with Crippen LogP contribution in [0.5, 0.6) is 0 Å². The summed E-state index contributed by atoms with van der Waals surface area (Å²) in [4.78, 5) is 25.1. The number of aromatic nitrogens is 2. The minimum atomic E-state index is -0.0808. The lowest BCUT2D eigenvalue weighted by molar-refractivity contribution is 0.0682. The van der Waals surface area contributed by atoms with Crippen molar-refractivity contribution in [2.75, 3.05) is 55.3 Å². The van der Waals surface area contributed by atoms with Crippen LogP contribution in [-0.2, 0) is 4.74 Å². The molecule has 27 heavy (non-hydrogen) atoms. The van der Waals surface area contributed by atoms with Crippen molar-refractivity contribution < 1.29 is 13.9 Å². The van der Waals surface area contributed by atoms with E-state index in [1.165, 1.54) is 6.26 Å². The van der Waals surface area contributed by atoms with Crippen molar-refractivity contribution in [2.24, 2.45) is 0 Å². The molecule has 2 aliphatic heterocycles. The fraction of sp³-hybridized carbons (Fsp3) is 0.500. The van der Waals surface area contributed by atoms with Gasteiger partial charge in [0.25, 0.3) is 5.91 Å². The SMILES string of the molecule is Nc1nc(N[C@@H]2CCCN(C(=O)c3ccco3)C2)cc(N2CCOCC2)n1. The second kappa shape index (κ2) is 7.83. The molecule has 0 spiro atoms. The van der Waals surface area contributed by atoms with E-state index >= 15 is 0 Å². The summed E-state index contributed by atoms with van der Waals surface area (Å²) in [5.74, 6) is 2.01. The maximum absolute atomic E-state index is 12.5. The third-order valence-corrected chi connectivity index (χ3v) is 4.86. The van der Waals surface area contributed by atoms with Gasteiger partial charge in [-0.3, -0.25) is 4.79 Å². The van der Waals surface area contributed by atoms with Gasteiger partial charge in [0.15, 0.2) is 5.76 Å². The van der Waals surface area contributed by atoms with Crippen molar-refractivity contribution in [3.8, 4) is 0 Å². The van der Waals surface area contributed by atoms with E-state index in [1.54, 1.807) is 12.1 Å². The van der Waals surface area contributed by atoms with E-state index in [0.29, 0.717) is 31.3 Å². The van der Waals surface area contributed by atoms with Gasteiger partial charge in [0.2, 0.25) is 5.95 Å². The Kier molecular flexibility index (Phi) is 5.10. The van der Waals surface area contributed by atoms with E-state index in [0.717, 1.165) is 38.3 Å². The summed E-state index contributed by atoms with van der Waals surface area (Å²) < 4.78 is 10.6. The fourth-order valence-corrected chi connectivity index (χ4v) is 3.53. The lowest BCUT2D eigenvalue weighted by Crippen LogP contribution is -2.45. The number of rotatable bonds is 4. The fourth-order valence-electron chi connectivity index (χ4n) is 3.53. The summed E-state index contributed by atoms with van der Waals surface area (Å²) in [7, 11) is 0. The molecular formula is C18H24N6O3. The second-order valence-corrected chi connectivity index (χ2v) is 6.78. The number of ether oxygens (including phenoxy) is 1. The number of nitrogen functional groups attached to an aromatic ring is 1. The zero-order valence-electron chi connectivity index (χ0n) is 15.1. The second-order valence-electron chi connectivity index (χ2n) is 6.78. The first-order valence-electron chi connectivity index (χ1n) is 9.25. The number of anilines is 3. The first-order valence-corrected chi connectivity index (χ1v) is 9.25. The molecule has 1 atom stereocenters. The van der Waals surface area contributed by atoms with Gasteiger partial charge in [0.1, 0.15) is 11.6 Å². The van der Waals surface area contributed by atoms with Crippen LogP contribution in [0.4, 0.5) is 17.6 Å². The number of morpholine rings is 1. The lowest BCUT2D eigenvalue weighted by atomic mass is 10.1. The summed E-state index contributed by atoms with van der Waals surface area (Å²) in [5, 5.41) is 3.42. The normalized spacial score (nSPS) is 20.5. The Balaban J connectivity index is 1.43. The van der Waals surface area contributed by atoms with Crippen LogP contribution >= 0.6 is 0 Å². The zero-order valence-corrected chi connectivity index (χ0v) is 15.1. The molecule has 0 aliphatic carbocycles. The Morgan fingerprint density at radius 3 is 2.89 bits per heavy atom. The van der Waals surface area contributed by atoms with E-state index in [4.69, 9.17) is 14.9 Å². The molecule has 0 aromatic carbocycles. The Morgan fingerprint density at radius 1 is 1.26 bits per heavy atom. The number of amides is 1. The summed E-state index contributed by atoms with van der Waals surface area (Å²) in [6.07, 6.45) is 3.39. The van der Waals surface area contributed by atoms with Crippen LogP contribution in [0.3, 0.4) is 0 Å². The number of piperidine rings is 1. The number of furan rings is 1. The van der Waals surface area contributed by atoms with E-state index in [1.807, 2.05) is 11.0 Å². The quantitative estimate of drug-likeness (QED) is 0.824. The molecule has 0 unspecified atom stereocenters. The molecule has 0 saturated carbocycles. The molecule has 9 nitrogen and oxygen atoms in total. The van der Waals surface area contributed by atoms with Gasteiger partial charge >= 0.3 is 0 Å². The maximum atomic E-state index is 12.5. The number of nitrogens with one attached hydrogen (secondary N) is 1. The third-order valence-electron chi connectivity index (χ3n) is 4.86. The average Bonchev–Trinajstić information content (AvgIpc) is 3.23. The Labute approximate surface area is 157 Å². The highest BCUT2D eigenvalue weighted by Gasteiger charge is 2.26. The number of nitrogens with two attached hydrogens (primary N) is 1. The van der Waals surface area contributed by atoms with E-state index in [2.05, 4.69) is 20.2 Å². The standard InChI is InChI=1S/C18H24N6O3/c19-18-21-15(11-16(22-18)23-6-9-26-10-7-23)20-13-3-1-5-24(12-13)17(25)14-4-2-8-27-14/h2,4,8,11,13H,1,3,5-7,9-10,12H2,(H3,19,20,21,22)/t13-/m1/s1. The number of likely N-dealkylation sites (tertiary alicyclic amines) is 1. The highest BCUT2D eigenvalue weighted by molar-refractivity contribution is 5.91. The molecule has 2 fully saturated rings. The molecule has 0 radical (unpaired) electrons. The van der Waals surface area contributed by atoms with Crippen molar-refractivity contribution in [3.05, 3.63) is 30.2 Å². The molecule has 4 heterocycles. The monoisotopic (exact) mass is 372 g/mol. The summed E-state index contributed by atoms with van der Waals surface area (Å²) in [5.41, 5.74) is 5.91. The molecule has 2 aromatic rings. The van der Waals surface area contributed by atoms with Crippen LogP contribution in [-0.4, -0.2) is 66.2 Å². The predicted octanol–water partition coefficient (Wildman–Crippen LogP) is 1.21. The van der Waals surface area contributed by atoms with Gasteiger partial charge in [0, 0.05) is 38.3 Å². The molecule has 9 heteroatoms. The van der Waals surface area contributed by atoms with Gasteiger partial charge in [-0.25, -0.2) is 0 Å². The van der Waals surface area contributed by atoms with Crippen molar-refractivity contribution in [1.29, 1.82) is 0 Å². The van der Waals surface area contributed by atoms with Gasteiger partial charge in [-0.2, -0.15) is 9.97 Å². The molecule has 0 bridgehead atoms. The first kappa shape index (κ1) is 17.6. The molecule has 1 amide bonds. The van der Waals surface area contributed by atoms with Crippen molar-refractivity contribution >= 4 is 23.5 Å². The lowest BCUT2D eigenvalue weighted by Gasteiger charge is -2.33. The van der Waals surface area contributed by atoms with E-state index in [-0.39, 0.29) is 17.9 Å². The highest BCUT2D eigenvalue weighted by Crippen LogP contribution is 2.21. The summed E-state index contributed by atoms with van der Waals surface area (Å²) >= 11 is 0. The van der Waals surface area contributed by atoms with Crippen LogP contribution in [0.2, 0.25) is 0 Å². The van der Waals surface area contributed by atoms with Gasteiger partial charge < -0.3 is 30.0 Å². The van der Waals surface area contributed by atoms with Crippen LogP contribution in [0, 0.1) is 0 Å². The number of hydrogen-bond donors (Lipinski definition) is 2. The largest absolute Gasteiger partial charge is 0.459 e. The minimum Gasteiger partial charge on any atom is -0.459 e. The smallest absolute Gasteiger partial charge is 0.289 e. The van der Waals surface area contributed by atoms with Crippen molar-refractivity contribution in [2.45, 2.75) is 18.9 Å². The van der Waals surface area contributed by atoms with Crippen LogP contribution in [0.25, 0.3) is 0 Å². The number of carbonyl (C=O) groups excluding carboxylic acids is 1. The Morgan fingerprint density at radius 2 is 2.11 bits per heavy atom. The number of carbonyl (C=O) groups is 1. The van der Waals surface area contributed by atoms with Gasteiger partial charge in [-0.1, -0.05) is 0 Å². The molecule has 144 valence electrons. The van der Waals surface area contributed by atoms with E-state index in [9.17, 15) is 4.79 Å². The Bertz CT molecular complexity index is 775. The van der Waals surface area contributed by atoms with Crippen LogP contribution in [0.1, 0.15) is 23.4 Å². The predicted molar refractivity (Wildman–Crippen MR) is 101 cm³/mol. The van der Waals surface area contributed by atoms with Gasteiger partial charge in [0.05, 0.1) is 19.5 Å². The summed E-state index contributed by atoms with van der Waals surface area (Å²) in [6, 6.07) is 5.43. The van der Waals surface area contributed by atoms with Gasteiger partial charge in [-0.15, -0.1) is 0 Å². The Hall–Kier alpha value is -2.81. The van der Waals surface area contributed by atoms with E-state index < -0.39 is 0 Å². The topological polar surface area (TPSA) is 110 Å². The van der Waals surface area contributed by atoms with Crippen LogP contribution in [0.15, 0.2) is 28.9 Å². The first-order chi connectivity index (χ1) is 13.2. The highest BCUT2D eigenvalue weighted by atomic mass is 16.5. The summed E-state index contributed by atoms with van der Waals surface area (Å²) in [6.45, 7) is 4.24. The average molecular weight is 372 g/mol. The third kappa shape index (κ3) is 4.13. The number of hydrogen-bond acceptors (Lipinski definition) is 8. The zero-order chi connectivity index (χ0) is 18.6. The van der Waals surface area contributed by atoms with Crippen molar-refractivity contribution in [3.63, 3.8) is 0 Å². The molecular weight excluding hydrogens is 348 g/mol. The molecule has 2 aromatic heterocycles. The van der Waals surface area contributed by atoms with Gasteiger partial charge in [-0.05, 0) is 25.0 Å². The minimum absolute atomic E-state index is 0.0808. The molecule has 3 N–H and O–H groups in total. The maximum Gasteiger partial charge on any atom is 0.289 e. The molecule has 4 rings (SSSR count). The van der Waals surface area contributed by atoms with Crippen LogP contribution < -0.4 is 16.0 Å².